The van der Waals surface area contributed by atoms with Crippen LogP contribution in [0.2, 0.25) is 0 Å². The zero-order chi connectivity index (χ0) is 20.4. The fraction of sp³-hybridized carbons (Fsp3) is 0.500. The van der Waals surface area contributed by atoms with Gasteiger partial charge < -0.3 is 20.7 Å². The maximum atomic E-state index is 11.8. The summed E-state index contributed by atoms with van der Waals surface area (Å²) in [6, 6.07) is 3.94. The smallest absolute Gasteiger partial charge is 0.407 e. The van der Waals surface area contributed by atoms with Crippen LogP contribution in [0.4, 0.5) is 22.1 Å². The Bertz CT molecular complexity index is 909. The van der Waals surface area contributed by atoms with Gasteiger partial charge in [-0.2, -0.15) is 5.10 Å². The average molecular weight is 398 g/mol. The zero-order valence-corrected chi connectivity index (χ0v) is 16.6. The summed E-state index contributed by atoms with van der Waals surface area (Å²) in [5, 5.41) is 16.4. The molecule has 2 atom stereocenters. The molecule has 0 spiro atoms. The molecule has 0 unspecified atom stereocenters. The van der Waals surface area contributed by atoms with Crippen molar-refractivity contribution in [1.82, 2.24) is 20.5 Å². The number of alkyl carbamates (subject to hydrolysis) is 1. The number of amides is 2. The number of aromatic amines is 1. The topological polar surface area (TPSA) is 121 Å². The first-order valence-electron chi connectivity index (χ1n) is 10.0. The van der Waals surface area contributed by atoms with Crippen LogP contribution in [-0.2, 0) is 16.0 Å². The number of hydrogen-bond acceptors (Lipinski definition) is 6. The minimum absolute atomic E-state index is 0.00992. The highest BCUT2D eigenvalue weighted by atomic mass is 16.6. The van der Waals surface area contributed by atoms with Gasteiger partial charge in [0.25, 0.3) is 0 Å². The van der Waals surface area contributed by atoms with Crippen molar-refractivity contribution in [2.75, 3.05) is 10.6 Å². The molecular weight excluding hydrogens is 372 g/mol. The Hall–Kier alpha value is -3.10. The highest BCUT2D eigenvalue weighted by molar-refractivity contribution is 5.94. The van der Waals surface area contributed by atoms with Crippen LogP contribution in [0.5, 0.6) is 0 Å². The van der Waals surface area contributed by atoms with Crippen molar-refractivity contribution in [2.24, 2.45) is 0 Å². The predicted octanol–water partition coefficient (Wildman–Crippen LogP) is 3.20. The van der Waals surface area contributed by atoms with Gasteiger partial charge in [-0.05, 0) is 45.6 Å². The third kappa shape index (κ3) is 4.49. The molecule has 4 rings (SSSR count). The Morgan fingerprint density at radius 3 is 3.00 bits per heavy atom. The normalized spacial score (nSPS) is 20.9. The summed E-state index contributed by atoms with van der Waals surface area (Å²) in [7, 11) is 0. The van der Waals surface area contributed by atoms with Crippen molar-refractivity contribution in [2.45, 2.75) is 64.0 Å². The Balaban J connectivity index is 1.38. The quantitative estimate of drug-likeness (QED) is 0.614. The molecule has 1 aliphatic carbocycles. The molecule has 9 nitrogen and oxygen atoms in total. The summed E-state index contributed by atoms with van der Waals surface area (Å²) in [4.78, 5) is 27.6. The summed E-state index contributed by atoms with van der Waals surface area (Å²) in [5.74, 6) is 1.59. The second-order valence-electron chi connectivity index (χ2n) is 7.90. The lowest BCUT2D eigenvalue weighted by Crippen LogP contribution is -2.33. The standard InChI is InChI=1S/C20H26N6O3/c1-11(2)22-20(28)29-13-4-3-12(9-13)16-10-17(26-25-16)23-15-7-8-21-19-14(15)5-6-18(27)24-19/h7-8,10-13H,3-6,9H2,1-2H3,(H,22,28)(H3,21,23,24,25,26,27)/t12-,13+/m0/s1. The van der Waals surface area contributed by atoms with Gasteiger partial charge in [-0.3, -0.25) is 9.89 Å². The highest BCUT2D eigenvalue weighted by Crippen LogP contribution is 2.36. The van der Waals surface area contributed by atoms with Crippen molar-refractivity contribution in [1.29, 1.82) is 0 Å². The van der Waals surface area contributed by atoms with Gasteiger partial charge in [-0.15, -0.1) is 0 Å². The van der Waals surface area contributed by atoms with Crippen LogP contribution in [0.3, 0.4) is 0 Å². The molecule has 2 aliphatic rings. The maximum Gasteiger partial charge on any atom is 0.407 e. The molecule has 9 heteroatoms. The van der Waals surface area contributed by atoms with E-state index in [9.17, 15) is 9.59 Å². The first-order valence-corrected chi connectivity index (χ1v) is 10.0. The van der Waals surface area contributed by atoms with Gasteiger partial charge in [-0.1, -0.05) is 0 Å². The van der Waals surface area contributed by atoms with E-state index >= 15 is 0 Å². The molecule has 154 valence electrons. The van der Waals surface area contributed by atoms with Crippen molar-refractivity contribution in [3.05, 3.63) is 29.6 Å². The SMILES string of the molecule is CC(C)NC(=O)O[C@@H]1CC[C@H](c2cc(Nc3ccnc4c3CCC(=O)N4)n[nH]2)C1. The van der Waals surface area contributed by atoms with Gasteiger partial charge in [0.05, 0.1) is 0 Å². The van der Waals surface area contributed by atoms with Crippen LogP contribution in [0.15, 0.2) is 18.3 Å². The molecule has 2 amide bonds. The van der Waals surface area contributed by atoms with E-state index in [1.807, 2.05) is 26.0 Å². The predicted molar refractivity (Wildman–Crippen MR) is 108 cm³/mol. The zero-order valence-electron chi connectivity index (χ0n) is 16.6. The third-order valence-corrected chi connectivity index (χ3v) is 5.28. The lowest BCUT2D eigenvalue weighted by molar-refractivity contribution is -0.116. The molecule has 0 aromatic carbocycles. The van der Waals surface area contributed by atoms with Crippen molar-refractivity contribution < 1.29 is 14.3 Å². The van der Waals surface area contributed by atoms with Gasteiger partial charge in [0, 0.05) is 47.6 Å². The molecule has 1 aliphatic heterocycles. The summed E-state index contributed by atoms with van der Waals surface area (Å²) < 4.78 is 5.51. The molecule has 4 N–H and O–H groups in total. The highest BCUT2D eigenvalue weighted by Gasteiger charge is 2.30. The lowest BCUT2D eigenvalue weighted by Gasteiger charge is -2.18. The molecule has 29 heavy (non-hydrogen) atoms. The van der Waals surface area contributed by atoms with E-state index in [1.54, 1.807) is 6.20 Å². The Morgan fingerprint density at radius 2 is 2.17 bits per heavy atom. The van der Waals surface area contributed by atoms with Crippen LogP contribution >= 0.6 is 0 Å². The van der Waals surface area contributed by atoms with Crippen molar-refractivity contribution in [3.63, 3.8) is 0 Å². The minimum atomic E-state index is -0.354. The molecule has 1 saturated carbocycles. The summed E-state index contributed by atoms with van der Waals surface area (Å²) in [6.45, 7) is 3.82. The number of carbonyl (C=O) groups is 2. The molecular formula is C20H26N6O3. The Labute approximate surface area is 169 Å². The van der Waals surface area contributed by atoms with Crippen molar-refractivity contribution >= 4 is 29.3 Å². The number of pyridine rings is 1. The van der Waals surface area contributed by atoms with E-state index < -0.39 is 0 Å². The van der Waals surface area contributed by atoms with Gasteiger partial charge in [-0.25, -0.2) is 9.78 Å². The van der Waals surface area contributed by atoms with Gasteiger partial charge in [0.15, 0.2) is 5.82 Å². The molecule has 2 aromatic rings. The third-order valence-electron chi connectivity index (χ3n) is 5.28. The number of fused-ring (bicyclic) bond motifs is 1. The Morgan fingerprint density at radius 1 is 1.31 bits per heavy atom. The lowest BCUT2D eigenvalue weighted by atomic mass is 10.0. The minimum Gasteiger partial charge on any atom is -0.446 e. The van der Waals surface area contributed by atoms with E-state index in [2.05, 4.69) is 31.1 Å². The maximum absolute atomic E-state index is 11.8. The summed E-state index contributed by atoms with van der Waals surface area (Å²) in [5.41, 5.74) is 2.91. The molecule has 0 radical (unpaired) electrons. The van der Waals surface area contributed by atoms with Crippen LogP contribution in [-0.4, -0.2) is 39.3 Å². The number of nitrogens with zero attached hydrogens (tertiary/aromatic N) is 2. The van der Waals surface area contributed by atoms with Crippen LogP contribution < -0.4 is 16.0 Å². The first-order chi connectivity index (χ1) is 14.0. The number of ether oxygens (including phenoxy) is 1. The molecule has 0 saturated heterocycles. The largest absolute Gasteiger partial charge is 0.446 e. The van der Waals surface area contributed by atoms with Crippen LogP contribution in [0, 0.1) is 0 Å². The number of H-pyrrole nitrogens is 1. The monoisotopic (exact) mass is 398 g/mol. The van der Waals surface area contributed by atoms with E-state index in [0.29, 0.717) is 24.5 Å². The van der Waals surface area contributed by atoms with Crippen LogP contribution in [0.25, 0.3) is 0 Å². The van der Waals surface area contributed by atoms with E-state index in [-0.39, 0.29) is 30.1 Å². The van der Waals surface area contributed by atoms with E-state index in [0.717, 1.165) is 36.2 Å². The van der Waals surface area contributed by atoms with Gasteiger partial charge >= 0.3 is 6.09 Å². The molecule has 3 heterocycles. The molecule has 2 aromatic heterocycles. The number of nitrogens with one attached hydrogen (secondary N) is 4. The summed E-state index contributed by atoms with van der Waals surface area (Å²) in [6.07, 6.45) is 4.90. The van der Waals surface area contributed by atoms with Crippen LogP contribution in [0.1, 0.15) is 56.7 Å². The summed E-state index contributed by atoms with van der Waals surface area (Å²) >= 11 is 0. The van der Waals surface area contributed by atoms with Gasteiger partial charge in [0.2, 0.25) is 5.91 Å². The Kier molecular flexibility index (Phi) is 5.37. The fourth-order valence-electron chi connectivity index (χ4n) is 3.90. The average Bonchev–Trinajstić information content (AvgIpc) is 3.30. The second-order valence-corrected chi connectivity index (χ2v) is 7.90. The fourth-order valence-corrected chi connectivity index (χ4v) is 3.90. The van der Waals surface area contributed by atoms with Gasteiger partial charge in [0.1, 0.15) is 11.9 Å². The van der Waals surface area contributed by atoms with E-state index in [4.69, 9.17) is 4.74 Å². The second kappa shape index (κ2) is 8.10. The molecule has 0 bridgehead atoms. The number of rotatable bonds is 5. The van der Waals surface area contributed by atoms with Crippen molar-refractivity contribution in [3.8, 4) is 0 Å². The first kappa shape index (κ1) is 19.2. The number of hydrogen-bond donors (Lipinski definition) is 4. The van der Waals surface area contributed by atoms with E-state index in [1.165, 1.54) is 0 Å². The number of carbonyl (C=O) groups excluding carboxylic acids is 2. The number of anilines is 3. The molecule has 1 fully saturated rings. The number of aromatic nitrogens is 3.